The van der Waals surface area contributed by atoms with E-state index in [-0.39, 0.29) is 0 Å². The van der Waals surface area contributed by atoms with Crippen LogP contribution in [0, 0.1) is 0 Å². The van der Waals surface area contributed by atoms with Crippen LogP contribution in [0.1, 0.15) is 24.0 Å². The van der Waals surface area contributed by atoms with Crippen LogP contribution >= 0.6 is 0 Å². The van der Waals surface area contributed by atoms with E-state index in [0.29, 0.717) is 24.0 Å². The maximum Gasteiger partial charge on any atom is 0.243 e. The number of sulfonamides is 1. The fraction of sp³-hybridized carbons (Fsp3) is 0.421. The van der Waals surface area contributed by atoms with Gasteiger partial charge in [0.15, 0.2) is 0 Å². The van der Waals surface area contributed by atoms with Gasteiger partial charge in [0.2, 0.25) is 10.0 Å². The van der Waals surface area contributed by atoms with Gasteiger partial charge in [-0.25, -0.2) is 8.42 Å². The Morgan fingerprint density at radius 1 is 0.920 bits per heavy atom. The van der Waals surface area contributed by atoms with Crippen LogP contribution in [0.3, 0.4) is 0 Å². The average molecular weight is 357 g/mol. The fourth-order valence-electron chi connectivity index (χ4n) is 3.94. The van der Waals surface area contributed by atoms with Crippen molar-refractivity contribution >= 4 is 10.0 Å². The maximum atomic E-state index is 12.7. The summed E-state index contributed by atoms with van der Waals surface area (Å²) in [7, 11) is -3.39. The molecule has 1 fully saturated rings. The van der Waals surface area contributed by atoms with E-state index in [1.165, 1.54) is 23.5 Å². The van der Waals surface area contributed by atoms with Crippen LogP contribution in [0.2, 0.25) is 0 Å². The van der Waals surface area contributed by atoms with Crippen molar-refractivity contribution in [3.05, 3.63) is 59.9 Å². The minimum atomic E-state index is -3.39. The number of nitrogens with zero attached hydrogens (tertiary/aromatic N) is 3. The van der Waals surface area contributed by atoms with Crippen molar-refractivity contribution in [2.75, 3.05) is 19.6 Å². The number of fused-ring (bicyclic) bond motifs is 1. The summed E-state index contributed by atoms with van der Waals surface area (Å²) in [5.74, 6) is 0. The lowest BCUT2D eigenvalue weighted by Gasteiger charge is -2.40. The van der Waals surface area contributed by atoms with Gasteiger partial charge in [-0.1, -0.05) is 24.3 Å². The lowest BCUT2D eigenvalue weighted by molar-refractivity contribution is 0.126. The highest BCUT2D eigenvalue weighted by Crippen LogP contribution is 2.27. The predicted octanol–water partition coefficient (Wildman–Crippen LogP) is 2.29. The quantitative estimate of drug-likeness (QED) is 0.846. The highest BCUT2D eigenvalue weighted by atomic mass is 32.2. The van der Waals surface area contributed by atoms with Gasteiger partial charge in [-0.3, -0.25) is 9.88 Å². The van der Waals surface area contributed by atoms with Crippen molar-refractivity contribution in [2.24, 2.45) is 0 Å². The van der Waals surface area contributed by atoms with Gasteiger partial charge in [-0.05, 0) is 42.5 Å². The van der Waals surface area contributed by atoms with E-state index in [1.807, 2.05) is 0 Å². The van der Waals surface area contributed by atoms with E-state index in [0.717, 1.165) is 32.4 Å². The Hall–Kier alpha value is -1.76. The average Bonchev–Trinajstić information content (AvgIpc) is 2.68. The molecule has 2 aliphatic heterocycles. The van der Waals surface area contributed by atoms with E-state index in [9.17, 15) is 8.42 Å². The van der Waals surface area contributed by atoms with Gasteiger partial charge in [0.25, 0.3) is 0 Å². The molecule has 0 spiro atoms. The number of benzene rings is 1. The summed E-state index contributed by atoms with van der Waals surface area (Å²) in [5, 5.41) is 0. The van der Waals surface area contributed by atoms with Gasteiger partial charge in [0.05, 0.1) is 4.90 Å². The Morgan fingerprint density at radius 3 is 2.32 bits per heavy atom. The Morgan fingerprint density at radius 2 is 1.60 bits per heavy atom. The normalized spacial score (nSPS) is 20.3. The SMILES string of the molecule is O=S(=O)(c1ccncc1)N1CCC(N2CCc3ccccc3C2)CC1. The minimum Gasteiger partial charge on any atom is -0.296 e. The van der Waals surface area contributed by atoms with E-state index in [2.05, 4.69) is 34.1 Å². The molecule has 4 rings (SSSR count). The standard InChI is InChI=1S/C19H23N3O2S/c23-25(24,19-5-10-20-11-6-19)22-13-8-18(9-14-22)21-12-7-16-3-1-2-4-17(16)15-21/h1-6,10-11,18H,7-9,12-15H2. The predicted molar refractivity (Wildman–Crippen MR) is 96.6 cm³/mol. The molecule has 1 saturated heterocycles. The Balaban J connectivity index is 1.41. The second-order valence-corrected chi connectivity index (χ2v) is 8.75. The summed E-state index contributed by atoms with van der Waals surface area (Å²) in [6.07, 6.45) is 5.94. The summed E-state index contributed by atoms with van der Waals surface area (Å²) < 4.78 is 27.1. The maximum absolute atomic E-state index is 12.7. The number of aromatic nitrogens is 1. The molecule has 3 heterocycles. The first-order valence-electron chi connectivity index (χ1n) is 8.85. The second-order valence-electron chi connectivity index (χ2n) is 6.81. The number of rotatable bonds is 3. The van der Waals surface area contributed by atoms with E-state index >= 15 is 0 Å². The lowest BCUT2D eigenvalue weighted by Crippen LogP contribution is -2.48. The van der Waals surface area contributed by atoms with Crippen LogP contribution in [-0.4, -0.2) is 48.3 Å². The highest BCUT2D eigenvalue weighted by Gasteiger charge is 2.32. The van der Waals surface area contributed by atoms with Gasteiger partial charge in [0.1, 0.15) is 0 Å². The zero-order chi connectivity index (χ0) is 17.3. The van der Waals surface area contributed by atoms with E-state index < -0.39 is 10.0 Å². The molecular formula is C19H23N3O2S. The number of hydrogen-bond donors (Lipinski definition) is 0. The molecule has 2 aromatic rings. The molecule has 0 radical (unpaired) electrons. The van der Waals surface area contributed by atoms with Gasteiger partial charge in [0, 0.05) is 44.6 Å². The van der Waals surface area contributed by atoms with Crippen molar-refractivity contribution in [1.82, 2.24) is 14.2 Å². The first-order chi connectivity index (χ1) is 12.1. The van der Waals surface area contributed by atoms with Crippen molar-refractivity contribution in [3.8, 4) is 0 Å². The molecule has 5 nitrogen and oxygen atoms in total. The third kappa shape index (κ3) is 3.34. The molecule has 0 saturated carbocycles. The monoisotopic (exact) mass is 357 g/mol. The van der Waals surface area contributed by atoms with Crippen LogP contribution in [0.5, 0.6) is 0 Å². The summed E-state index contributed by atoms with van der Waals surface area (Å²) in [6, 6.07) is 12.3. The summed E-state index contributed by atoms with van der Waals surface area (Å²) in [4.78, 5) is 6.77. The topological polar surface area (TPSA) is 53.5 Å². The molecule has 0 aliphatic carbocycles. The number of pyridine rings is 1. The summed E-state index contributed by atoms with van der Waals surface area (Å²) >= 11 is 0. The Labute approximate surface area is 149 Å². The van der Waals surface area contributed by atoms with Crippen molar-refractivity contribution in [1.29, 1.82) is 0 Å². The molecule has 1 aromatic carbocycles. The minimum absolute atomic E-state index is 0.341. The van der Waals surface area contributed by atoms with Gasteiger partial charge < -0.3 is 0 Å². The van der Waals surface area contributed by atoms with E-state index in [4.69, 9.17) is 0 Å². The van der Waals surface area contributed by atoms with Crippen molar-refractivity contribution in [2.45, 2.75) is 36.7 Å². The Bertz CT molecular complexity index is 831. The first kappa shape index (κ1) is 16.7. The van der Waals surface area contributed by atoms with Gasteiger partial charge in [-0.2, -0.15) is 4.31 Å². The molecule has 6 heteroatoms. The number of hydrogen-bond acceptors (Lipinski definition) is 4. The number of piperidine rings is 1. The summed E-state index contributed by atoms with van der Waals surface area (Å²) in [5.41, 5.74) is 2.87. The second kappa shape index (κ2) is 6.86. The zero-order valence-corrected chi connectivity index (χ0v) is 15.0. The van der Waals surface area contributed by atoms with Crippen LogP contribution < -0.4 is 0 Å². The molecule has 0 N–H and O–H groups in total. The Kier molecular flexibility index (Phi) is 4.58. The molecule has 0 amide bonds. The van der Waals surface area contributed by atoms with E-state index in [1.54, 1.807) is 16.4 Å². The van der Waals surface area contributed by atoms with Crippen LogP contribution in [0.25, 0.3) is 0 Å². The van der Waals surface area contributed by atoms with Crippen LogP contribution in [0.15, 0.2) is 53.7 Å². The molecule has 0 unspecified atom stereocenters. The zero-order valence-electron chi connectivity index (χ0n) is 14.2. The lowest BCUT2D eigenvalue weighted by atomic mass is 9.96. The molecule has 0 bridgehead atoms. The fourth-order valence-corrected chi connectivity index (χ4v) is 5.39. The first-order valence-corrected chi connectivity index (χ1v) is 10.3. The highest BCUT2D eigenvalue weighted by molar-refractivity contribution is 7.89. The third-order valence-electron chi connectivity index (χ3n) is 5.39. The van der Waals surface area contributed by atoms with Crippen molar-refractivity contribution in [3.63, 3.8) is 0 Å². The smallest absolute Gasteiger partial charge is 0.243 e. The van der Waals surface area contributed by atoms with Crippen LogP contribution in [-0.2, 0) is 23.0 Å². The summed E-state index contributed by atoms with van der Waals surface area (Å²) in [6.45, 7) is 3.23. The molecule has 25 heavy (non-hydrogen) atoms. The molecule has 132 valence electrons. The van der Waals surface area contributed by atoms with Gasteiger partial charge in [-0.15, -0.1) is 0 Å². The van der Waals surface area contributed by atoms with Crippen LogP contribution in [0.4, 0.5) is 0 Å². The largest absolute Gasteiger partial charge is 0.296 e. The molecule has 2 aliphatic rings. The molecule has 0 atom stereocenters. The van der Waals surface area contributed by atoms with Gasteiger partial charge >= 0.3 is 0 Å². The molecular weight excluding hydrogens is 334 g/mol. The van der Waals surface area contributed by atoms with Crippen molar-refractivity contribution < 1.29 is 8.42 Å². The third-order valence-corrected chi connectivity index (χ3v) is 7.30. The molecule has 1 aromatic heterocycles.